The number of hydrogen-bond donors (Lipinski definition) is 1. The monoisotopic (exact) mass is 163 g/mol. The molecule has 60 valence electrons. The fourth-order valence-corrected chi connectivity index (χ4v) is 2.67. The van der Waals surface area contributed by atoms with Crippen molar-refractivity contribution in [2.24, 2.45) is 10.6 Å². The molecule has 1 saturated carbocycles. The smallest absolute Gasteiger partial charge is 0.209 e. The van der Waals surface area contributed by atoms with Crippen LogP contribution in [0.2, 0.25) is 0 Å². The molecule has 0 saturated heterocycles. The molecule has 1 aliphatic carbocycles. The summed E-state index contributed by atoms with van der Waals surface area (Å²) in [7, 11) is -3.24. The second-order valence-electron chi connectivity index (χ2n) is 3.47. The second kappa shape index (κ2) is 2.20. The summed E-state index contributed by atoms with van der Waals surface area (Å²) in [6.45, 7) is 1.97. The Bertz CT molecular complexity index is 216. The fraction of sp³-hybridized carbons (Fsp3) is 1.00. The molecule has 0 aromatic rings. The SMILES string of the molecule is CC1(CS(N)(=O)=O)CCC1. The summed E-state index contributed by atoms with van der Waals surface area (Å²) >= 11 is 0. The van der Waals surface area contributed by atoms with Crippen LogP contribution < -0.4 is 5.14 Å². The van der Waals surface area contributed by atoms with E-state index in [1.54, 1.807) is 0 Å². The van der Waals surface area contributed by atoms with Gasteiger partial charge in [0.1, 0.15) is 0 Å². The van der Waals surface area contributed by atoms with Gasteiger partial charge in [-0.05, 0) is 18.3 Å². The summed E-state index contributed by atoms with van der Waals surface area (Å²) in [4.78, 5) is 0. The van der Waals surface area contributed by atoms with Crippen molar-refractivity contribution in [2.45, 2.75) is 26.2 Å². The van der Waals surface area contributed by atoms with E-state index in [1.165, 1.54) is 0 Å². The van der Waals surface area contributed by atoms with Gasteiger partial charge in [-0.2, -0.15) is 0 Å². The zero-order valence-electron chi connectivity index (χ0n) is 6.13. The Labute approximate surface area is 61.7 Å². The van der Waals surface area contributed by atoms with Gasteiger partial charge in [0.25, 0.3) is 0 Å². The van der Waals surface area contributed by atoms with Gasteiger partial charge in [0.2, 0.25) is 10.0 Å². The molecule has 0 bridgehead atoms. The number of hydrogen-bond acceptors (Lipinski definition) is 2. The van der Waals surface area contributed by atoms with E-state index in [2.05, 4.69) is 0 Å². The predicted octanol–water partition coefficient (Wildman–Crippen LogP) is 0.465. The first-order valence-electron chi connectivity index (χ1n) is 3.42. The van der Waals surface area contributed by atoms with E-state index in [0.717, 1.165) is 19.3 Å². The van der Waals surface area contributed by atoms with Gasteiger partial charge in [-0.15, -0.1) is 0 Å². The van der Waals surface area contributed by atoms with Gasteiger partial charge in [0.05, 0.1) is 5.75 Å². The molecule has 0 amide bonds. The number of rotatable bonds is 2. The van der Waals surface area contributed by atoms with E-state index in [-0.39, 0.29) is 11.2 Å². The van der Waals surface area contributed by atoms with Crippen LogP contribution in [0.5, 0.6) is 0 Å². The summed E-state index contributed by atoms with van der Waals surface area (Å²) in [6, 6.07) is 0. The van der Waals surface area contributed by atoms with Crippen molar-refractivity contribution < 1.29 is 8.42 Å². The first kappa shape index (κ1) is 8.01. The Kier molecular flexibility index (Phi) is 1.76. The highest BCUT2D eigenvalue weighted by Crippen LogP contribution is 2.40. The summed E-state index contributed by atoms with van der Waals surface area (Å²) in [5.41, 5.74) is -0.00637. The Morgan fingerprint density at radius 2 is 2.00 bits per heavy atom. The molecule has 1 aliphatic rings. The first-order chi connectivity index (χ1) is 4.41. The molecule has 3 nitrogen and oxygen atoms in total. The van der Waals surface area contributed by atoms with E-state index in [4.69, 9.17) is 5.14 Å². The summed E-state index contributed by atoms with van der Waals surface area (Å²) in [5.74, 6) is 0.153. The van der Waals surface area contributed by atoms with Crippen molar-refractivity contribution in [3.8, 4) is 0 Å². The molecule has 0 radical (unpaired) electrons. The van der Waals surface area contributed by atoms with Crippen molar-refractivity contribution in [3.63, 3.8) is 0 Å². The quantitative estimate of drug-likeness (QED) is 0.643. The maximum atomic E-state index is 10.6. The van der Waals surface area contributed by atoms with Crippen LogP contribution in [0.15, 0.2) is 0 Å². The van der Waals surface area contributed by atoms with Crippen LogP contribution in [0.1, 0.15) is 26.2 Å². The molecule has 0 unspecified atom stereocenters. The van der Waals surface area contributed by atoms with E-state index < -0.39 is 10.0 Å². The Morgan fingerprint density at radius 3 is 2.10 bits per heavy atom. The van der Waals surface area contributed by atoms with Gasteiger partial charge in [-0.3, -0.25) is 0 Å². The van der Waals surface area contributed by atoms with E-state index in [0.29, 0.717) is 0 Å². The van der Waals surface area contributed by atoms with Crippen LogP contribution in [0.3, 0.4) is 0 Å². The predicted molar refractivity (Wildman–Crippen MR) is 39.9 cm³/mol. The Morgan fingerprint density at radius 1 is 1.50 bits per heavy atom. The van der Waals surface area contributed by atoms with Crippen LogP contribution in [-0.2, 0) is 10.0 Å². The lowest BCUT2D eigenvalue weighted by Crippen LogP contribution is -2.36. The molecule has 4 heteroatoms. The van der Waals surface area contributed by atoms with Crippen LogP contribution in [0, 0.1) is 5.41 Å². The molecule has 0 spiro atoms. The zero-order chi connectivity index (χ0) is 7.83. The minimum absolute atomic E-state index is 0.00637. The van der Waals surface area contributed by atoms with Crippen LogP contribution in [-0.4, -0.2) is 14.2 Å². The van der Waals surface area contributed by atoms with Gasteiger partial charge >= 0.3 is 0 Å². The number of nitrogens with two attached hydrogens (primary N) is 1. The van der Waals surface area contributed by atoms with Crippen LogP contribution in [0.25, 0.3) is 0 Å². The molecule has 1 rings (SSSR count). The van der Waals surface area contributed by atoms with Crippen LogP contribution in [0.4, 0.5) is 0 Å². The molecule has 2 N–H and O–H groups in total. The van der Waals surface area contributed by atoms with E-state index in [1.807, 2.05) is 6.92 Å². The van der Waals surface area contributed by atoms with Crippen molar-refractivity contribution in [3.05, 3.63) is 0 Å². The molecular formula is C6H13NO2S. The lowest BCUT2D eigenvalue weighted by atomic mass is 9.72. The number of sulfonamides is 1. The molecule has 0 aliphatic heterocycles. The lowest BCUT2D eigenvalue weighted by molar-refractivity contribution is 0.194. The number of primary sulfonamides is 1. The van der Waals surface area contributed by atoms with E-state index >= 15 is 0 Å². The van der Waals surface area contributed by atoms with Gasteiger partial charge < -0.3 is 0 Å². The molecule has 0 heterocycles. The third-order valence-corrected chi connectivity index (χ3v) is 3.21. The summed E-state index contributed by atoms with van der Waals surface area (Å²) < 4.78 is 21.2. The molecule has 0 aromatic heterocycles. The Balaban J connectivity index is 2.53. The van der Waals surface area contributed by atoms with Crippen molar-refractivity contribution in [1.82, 2.24) is 0 Å². The highest BCUT2D eigenvalue weighted by molar-refractivity contribution is 7.89. The van der Waals surface area contributed by atoms with Gasteiger partial charge in [0, 0.05) is 0 Å². The Hall–Kier alpha value is -0.0900. The largest absolute Gasteiger partial charge is 0.229 e. The van der Waals surface area contributed by atoms with Crippen LogP contribution >= 0.6 is 0 Å². The molecule has 0 aromatic carbocycles. The lowest BCUT2D eigenvalue weighted by Gasteiger charge is -2.37. The molecule has 1 fully saturated rings. The van der Waals surface area contributed by atoms with Crippen molar-refractivity contribution >= 4 is 10.0 Å². The standard InChI is InChI=1S/C6H13NO2S/c1-6(3-2-4-6)5-10(7,8)9/h2-5H2,1H3,(H2,7,8,9). The minimum atomic E-state index is -3.24. The summed E-state index contributed by atoms with van der Waals surface area (Å²) in [6.07, 6.45) is 3.15. The maximum Gasteiger partial charge on any atom is 0.209 e. The summed E-state index contributed by atoms with van der Waals surface area (Å²) in [5, 5.41) is 4.90. The normalized spacial score (nSPS) is 23.8. The minimum Gasteiger partial charge on any atom is -0.229 e. The van der Waals surface area contributed by atoms with Gasteiger partial charge in [-0.25, -0.2) is 13.6 Å². The maximum absolute atomic E-state index is 10.6. The van der Waals surface area contributed by atoms with Gasteiger partial charge in [0.15, 0.2) is 0 Å². The highest BCUT2D eigenvalue weighted by Gasteiger charge is 2.35. The topological polar surface area (TPSA) is 60.2 Å². The average Bonchev–Trinajstić information content (AvgIpc) is 1.57. The van der Waals surface area contributed by atoms with Crippen molar-refractivity contribution in [2.75, 3.05) is 5.75 Å². The zero-order valence-corrected chi connectivity index (χ0v) is 6.95. The fourth-order valence-electron chi connectivity index (χ4n) is 1.41. The molecule has 0 atom stereocenters. The van der Waals surface area contributed by atoms with E-state index in [9.17, 15) is 8.42 Å². The third kappa shape index (κ3) is 1.95. The third-order valence-electron chi connectivity index (χ3n) is 2.11. The molecule has 10 heavy (non-hydrogen) atoms. The first-order valence-corrected chi connectivity index (χ1v) is 5.13. The van der Waals surface area contributed by atoms with Gasteiger partial charge in [-0.1, -0.05) is 13.3 Å². The highest BCUT2D eigenvalue weighted by atomic mass is 32.2. The van der Waals surface area contributed by atoms with Crippen molar-refractivity contribution in [1.29, 1.82) is 0 Å². The second-order valence-corrected chi connectivity index (χ2v) is 5.09. The average molecular weight is 163 g/mol. The molecular weight excluding hydrogens is 150 g/mol.